The predicted molar refractivity (Wildman–Crippen MR) is 77.9 cm³/mol. The van der Waals surface area contributed by atoms with Crippen molar-refractivity contribution in [3.8, 4) is 0 Å². The molecule has 1 unspecified atom stereocenters. The maximum absolute atomic E-state index is 11.7. The quantitative estimate of drug-likeness (QED) is 0.523. The Morgan fingerprint density at radius 2 is 1.74 bits per heavy atom. The van der Waals surface area contributed by atoms with Crippen molar-refractivity contribution in [1.82, 2.24) is 16.0 Å². The maximum atomic E-state index is 11.7. The molecule has 0 aromatic heterocycles. The molecule has 5 heteroatoms. The Bertz CT molecular complexity index is 267. The van der Waals surface area contributed by atoms with Gasteiger partial charge in [0.2, 0.25) is 11.8 Å². The zero-order valence-electron chi connectivity index (χ0n) is 12.7. The Hall–Kier alpha value is -1.10. The summed E-state index contributed by atoms with van der Waals surface area (Å²) in [5, 5.41) is 8.75. The zero-order valence-corrected chi connectivity index (χ0v) is 12.7. The third kappa shape index (κ3) is 10.5. The van der Waals surface area contributed by atoms with Gasteiger partial charge in [-0.05, 0) is 27.2 Å². The first-order valence-corrected chi connectivity index (χ1v) is 7.27. The summed E-state index contributed by atoms with van der Waals surface area (Å²) in [6.07, 6.45) is 3.70. The van der Waals surface area contributed by atoms with Crippen LogP contribution in [0.4, 0.5) is 0 Å². The molecular weight excluding hydrogens is 242 g/mol. The van der Waals surface area contributed by atoms with Crippen LogP contribution in [0.25, 0.3) is 0 Å². The van der Waals surface area contributed by atoms with E-state index in [9.17, 15) is 9.59 Å². The lowest BCUT2D eigenvalue weighted by Gasteiger charge is -2.14. The van der Waals surface area contributed by atoms with Crippen molar-refractivity contribution in [2.45, 2.75) is 65.5 Å². The summed E-state index contributed by atoms with van der Waals surface area (Å²) in [5.74, 6) is 0.0124. The third-order valence-electron chi connectivity index (χ3n) is 2.73. The van der Waals surface area contributed by atoms with Gasteiger partial charge in [0, 0.05) is 25.6 Å². The fourth-order valence-corrected chi connectivity index (χ4v) is 1.63. The standard InChI is InChI=1S/C14H29N3O2/c1-5-6-7-9-16-14(19)12(4)15-10-8-13(18)17-11(2)3/h11-12,15H,5-10H2,1-4H3,(H,16,19)(H,17,18). The van der Waals surface area contributed by atoms with E-state index in [1.165, 1.54) is 0 Å². The molecule has 112 valence electrons. The molecule has 0 rings (SSSR count). The number of hydrogen-bond acceptors (Lipinski definition) is 3. The number of unbranched alkanes of at least 4 members (excludes halogenated alkanes) is 2. The summed E-state index contributed by atoms with van der Waals surface area (Å²) in [6.45, 7) is 9.05. The largest absolute Gasteiger partial charge is 0.355 e. The van der Waals surface area contributed by atoms with E-state index in [4.69, 9.17) is 0 Å². The van der Waals surface area contributed by atoms with Crippen molar-refractivity contribution >= 4 is 11.8 Å². The van der Waals surface area contributed by atoms with Crippen LogP contribution in [0.2, 0.25) is 0 Å². The smallest absolute Gasteiger partial charge is 0.236 e. The monoisotopic (exact) mass is 271 g/mol. The summed E-state index contributed by atoms with van der Waals surface area (Å²) >= 11 is 0. The van der Waals surface area contributed by atoms with Gasteiger partial charge in [-0.15, -0.1) is 0 Å². The summed E-state index contributed by atoms with van der Waals surface area (Å²) in [7, 11) is 0. The molecule has 2 amide bonds. The van der Waals surface area contributed by atoms with Crippen LogP contribution in [-0.4, -0.2) is 37.0 Å². The second-order valence-electron chi connectivity index (χ2n) is 5.15. The topological polar surface area (TPSA) is 70.2 Å². The van der Waals surface area contributed by atoms with Crippen molar-refractivity contribution in [3.05, 3.63) is 0 Å². The first kappa shape index (κ1) is 17.9. The highest BCUT2D eigenvalue weighted by molar-refractivity contribution is 5.81. The summed E-state index contributed by atoms with van der Waals surface area (Å²) in [5.41, 5.74) is 0. The van der Waals surface area contributed by atoms with Gasteiger partial charge in [0.05, 0.1) is 6.04 Å². The van der Waals surface area contributed by atoms with Gasteiger partial charge in [-0.1, -0.05) is 19.8 Å². The van der Waals surface area contributed by atoms with Crippen LogP contribution < -0.4 is 16.0 Å². The molecule has 0 saturated heterocycles. The molecule has 0 aliphatic carbocycles. The molecular formula is C14H29N3O2. The van der Waals surface area contributed by atoms with Crippen LogP contribution in [0.15, 0.2) is 0 Å². The first-order valence-electron chi connectivity index (χ1n) is 7.27. The number of hydrogen-bond donors (Lipinski definition) is 3. The van der Waals surface area contributed by atoms with Crippen molar-refractivity contribution in [3.63, 3.8) is 0 Å². The fourth-order valence-electron chi connectivity index (χ4n) is 1.63. The molecule has 0 spiro atoms. The molecule has 0 aromatic carbocycles. The molecule has 0 heterocycles. The third-order valence-corrected chi connectivity index (χ3v) is 2.73. The summed E-state index contributed by atoms with van der Waals surface area (Å²) < 4.78 is 0. The lowest BCUT2D eigenvalue weighted by molar-refractivity contribution is -0.124. The van der Waals surface area contributed by atoms with E-state index >= 15 is 0 Å². The molecule has 0 aromatic rings. The van der Waals surface area contributed by atoms with E-state index in [1.54, 1.807) is 0 Å². The van der Waals surface area contributed by atoms with Crippen LogP contribution >= 0.6 is 0 Å². The van der Waals surface area contributed by atoms with Crippen molar-refractivity contribution < 1.29 is 9.59 Å². The van der Waals surface area contributed by atoms with Gasteiger partial charge in [-0.2, -0.15) is 0 Å². The van der Waals surface area contributed by atoms with E-state index in [2.05, 4.69) is 22.9 Å². The number of nitrogens with one attached hydrogen (secondary N) is 3. The minimum Gasteiger partial charge on any atom is -0.355 e. The molecule has 0 saturated carbocycles. The maximum Gasteiger partial charge on any atom is 0.236 e. The molecule has 1 atom stereocenters. The SMILES string of the molecule is CCCCCNC(=O)C(C)NCCC(=O)NC(C)C. The molecule has 0 radical (unpaired) electrons. The fraction of sp³-hybridized carbons (Fsp3) is 0.857. The Morgan fingerprint density at radius 3 is 2.32 bits per heavy atom. The van der Waals surface area contributed by atoms with Crippen molar-refractivity contribution in [1.29, 1.82) is 0 Å². The average molecular weight is 271 g/mol. The second-order valence-corrected chi connectivity index (χ2v) is 5.15. The number of carbonyl (C=O) groups excluding carboxylic acids is 2. The highest BCUT2D eigenvalue weighted by Crippen LogP contribution is 1.92. The van der Waals surface area contributed by atoms with Gasteiger partial charge < -0.3 is 16.0 Å². The molecule has 0 aliphatic rings. The zero-order chi connectivity index (χ0) is 14.7. The first-order chi connectivity index (χ1) is 8.97. The van der Waals surface area contributed by atoms with Crippen LogP contribution in [0.1, 0.15) is 53.4 Å². The molecule has 0 bridgehead atoms. The molecule has 3 N–H and O–H groups in total. The van der Waals surface area contributed by atoms with E-state index in [1.807, 2.05) is 20.8 Å². The van der Waals surface area contributed by atoms with E-state index < -0.39 is 0 Å². The van der Waals surface area contributed by atoms with Crippen molar-refractivity contribution in [2.24, 2.45) is 0 Å². The van der Waals surface area contributed by atoms with Gasteiger partial charge in [-0.25, -0.2) is 0 Å². The Kier molecular flexibility index (Phi) is 10.2. The minimum absolute atomic E-state index is 0.000343. The normalized spacial score (nSPS) is 12.3. The second kappa shape index (κ2) is 10.8. The Balaban J connectivity index is 3.64. The highest BCUT2D eigenvalue weighted by Gasteiger charge is 2.11. The minimum atomic E-state index is -0.256. The summed E-state index contributed by atoms with van der Waals surface area (Å²) in [6, 6.07) is -0.0970. The lowest BCUT2D eigenvalue weighted by Crippen LogP contribution is -2.43. The van der Waals surface area contributed by atoms with Gasteiger partial charge >= 0.3 is 0 Å². The predicted octanol–water partition coefficient (Wildman–Crippen LogP) is 1.19. The summed E-state index contributed by atoms with van der Waals surface area (Å²) in [4.78, 5) is 23.1. The molecule has 0 aliphatic heterocycles. The number of amides is 2. The van der Waals surface area contributed by atoms with Gasteiger partial charge in [0.25, 0.3) is 0 Å². The number of carbonyl (C=O) groups is 2. The highest BCUT2D eigenvalue weighted by atomic mass is 16.2. The Morgan fingerprint density at radius 1 is 1.05 bits per heavy atom. The Labute approximate surface area is 116 Å². The number of rotatable bonds is 10. The average Bonchev–Trinajstić information content (AvgIpc) is 2.33. The van der Waals surface area contributed by atoms with E-state index in [0.29, 0.717) is 13.0 Å². The van der Waals surface area contributed by atoms with Crippen LogP contribution in [-0.2, 0) is 9.59 Å². The van der Waals surface area contributed by atoms with Gasteiger partial charge in [-0.3, -0.25) is 9.59 Å². The van der Waals surface area contributed by atoms with Crippen LogP contribution in [0.5, 0.6) is 0 Å². The van der Waals surface area contributed by atoms with Crippen LogP contribution in [0.3, 0.4) is 0 Å². The lowest BCUT2D eigenvalue weighted by atomic mass is 10.2. The molecule has 0 fully saturated rings. The van der Waals surface area contributed by atoms with E-state index in [0.717, 1.165) is 25.8 Å². The molecule has 5 nitrogen and oxygen atoms in total. The molecule has 19 heavy (non-hydrogen) atoms. The van der Waals surface area contributed by atoms with Crippen molar-refractivity contribution in [2.75, 3.05) is 13.1 Å². The van der Waals surface area contributed by atoms with Gasteiger partial charge in [0.1, 0.15) is 0 Å². The van der Waals surface area contributed by atoms with Crippen LogP contribution in [0, 0.1) is 0 Å². The van der Waals surface area contributed by atoms with Gasteiger partial charge in [0.15, 0.2) is 0 Å². The van der Waals surface area contributed by atoms with E-state index in [-0.39, 0.29) is 23.9 Å².